The fraction of sp³-hybridized carbons (Fsp3) is 0.176. The summed E-state index contributed by atoms with van der Waals surface area (Å²) in [6.07, 6.45) is 2.26. The minimum Gasteiger partial charge on any atom is -0.370 e. The summed E-state index contributed by atoms with van der Waals surface area (Å²) >= 11 is 11.7. The van der Waals surface area contributed by atoms with Crippen molar-refractivity contribution >= 4 is 38.7 Å². The Morgan fingerprint density at radius 2 is 1.89 bits per heavy atom. The van der Waals surface area contributed by atoms with Gasteiger partial charge in [0.2, 0.25) is 5.95 Å². The number of aromatic amines is 1. The lowest BCUT2D eigenvalue weighted by molar-refractivity contribution is 0.584. The molecule has 0 fully saturated rings. The topological polar surface area (TPSA) is 87.7 Å². The second-order valence-corrected chi connectivity index (χ2v) is 8.82. The summed E-state index contributed by atoms with van der Waals surface area (Å²) < 4.78 is 50.8. The molecule has 1 unspecified atom stereocenters. The molecule has 1 aromatic carbocycles. The Morgan fingerprint density at radius 1 is 1.18 bits per heavy atom. The molecule has 0 spiro atoms. The molecule has 28 heavy (non-hydrogen) atoms. The van der Waals surface area contributed by atoms with Crippen molar-refractivity contribution in [3.63, 3.8) is 0 Å². The average Bonchev–Trinajstić information content (AvgIpc) is 3.00. The molecular weight excluding hydrogens is 433 g/mol. The van der Waals surface area contributed by atoms with Gasteiger partial charge >= 0.3 is 0 Å². The number of nitrogens with one attached hydrogen (secondary N) is 2. The van der Waals surface area contributed by atoms with Crippen molar-refractivity contribution < 1.29 is 17.2 Å². The Balaban J connectivity index is 2.11. The van der Waals surface area contributed by atoms with Crippen LogP contribution in [0, 0.1) is 18.7 Å². The zero-order valence-corrected chi connectivity index (χ0v) is 16.9. The molecule has 2 aromatic heterocycles. The lowest BCUT2D eigenvalue weighted by Crippen LogP contribution is -2.15. The molecule has 0 aliphatic rings. The van der Waals surface area contributed by atoms with Gasteiger partial charge in [0.15, 0.2) is 14.9 Å². The number of imidazole rings is 1. The van der Waals surface area contributed by atoms with Gasteiger partial charge in [-0.1, -0.05) is 29.3 Å². The highest BCUT2D eigenvalue weighted by molar-refractivity contribution is 7.90. The molecule has 11 heteroatoms. The van der Waals surface area contributed by atoms with Gasteiger partial charge in [-0.15, -0.1) is 0 Å². The molecule has 0 saturated heterocycles. The molecule has 148 valence electrons. The highest BCUT2D eigenvalue weighted by atomic mass is 35.5. The van der Waals surface area contributed by atoms with Crippen LogP contribution < -0.4 is 5.32 Å². The smallest absolute Gasteiger partial charge is 0.231 e. The molecule has 0 bridgehead atoms. The van der Waals surface area contributed by atoms with E-state index in [2.05, 4.69) is 20.3 Å². The first-order valence-electron chi connectivity index (χ1n) is 7.85. The molecular formula is C17H14Cl2F2N4O2S. The maximum absolute atomic E-state index is 13.6. The second kappa shape index (κ2) is 7.65. The summed E-state index contributed by atoms with van der Waals surface area (Å²) in [6.45, 7) is 1.57. The number of anilines is 1. The molecule has 2 heterocycles. The lowest BCUT2D eigenvalue weighted by Gasteiger charge is -2.19. The normalized spacial score (nSPS) is 12.8. The minimum atomic E-state index is -3.57. The van der Waals surface area contributed by atoms with Gasteiger partial charge in [-0.3, -0.25) is 0 Å². The number of pyridine rings is 1. The fourth-order valence-corrected chi connectivity index (χ4v) is 3.86. The average molecular weight is 447 g/mol. The Bertz CT molecular complexity index is 1150. The first-order valence-corrected chi connectivity index (χ1v) is 10.5. The predicted octanol–water partition coefficient (Wildman–Crippen LogP) is 4.30. The van der Waals surface area contributed by atoms with Crippen LogP contribution in [-0.2, 0) is 9.84 Å². The number of aromatic nitrogens is 3. The molecule has 0 aliphatic carbocycles. The van der Waals surface area contributed by atoms with E-state index in [9.17, 15) is 17.2 Å². The van der Waals surface area contributed by atoms with Crippen molar-refractivity contribution in [3.8, 4) is 0 Å². The summed E-state index contributed by atoms with van der Waals surface area (Å²) in [5.41, 5.74) is 1.17. The molecule has 3 aromatic rings. The van der Waals surface area contributed by atoms with Crippen LogP contribution >= 0.6 is 23.2 Å². The molecule has 0 radical (unpaired) electrons. The number of hydrogen-bond acceptors (Lipinski definition) is 5. The van der Waals surface area contributed by atoms with Crippen LogP contribution in [0.3, 0.4) is 0 Å². The van der Waals surface area contributed by atoms with Crippen LogP contribution in [0.2, 0.25) is 10.0 Å². The van der Waals surface area contributed by atoms with Crippen molar-refractivity contribution in [1.29, 1.82) is 0 Å². The van der Waals surface area contributed by atoms with E-state index in [-0.39, 0.29) is 20.9 Å². The summed E-state index contributed by atoms with van der Waals surface area (Å²) in [7, 11) is -3.57. The Hall–Kier alpha value is -2.23. The highest BCUT2D eigenvalue weighted by Gasteiger charge is 2.24. The molecule has 2 N–H and O–H groups in total. The van der Waals surface area contributed by atoms with Crippen molar-refractivity contribution in [2.24, 2.45) is 0 Å². The number of sulfone groups is 1. The first kappa shape index (κ1) is 20.5. The lowest BCUT2D eigenvalue weighted by atomic mass is 10.1. The highest BCUT2D eigenvalue weighted by Crippen LogP contribution is 2.30. The third-order valence-corrected chi connectivity index (χ3v) is 5.52. The maximum Gasteiger partial charge on any atom is 0.231 e. The Kier molecular flexibility index (Phi) is 5.60. The van der Waals surface area contributed by atoms with Gasteiger partial charge in [0.1, 0.15) is 17.7 Å². The van der Waals surface area contributed by atoms with Crippen molar-refractivity contribution in [2.45, 2.75) is 18.0 Å². The van der Waals surface area contributed by atoms with E-state index in [1.54, 1.807) is 6.92 Å². The van der Waals surface area contributed by atoms with Crippen LogP contribution in [-0.4, -0.2) is 29.6 Å². The molecule has 0 saturated carbocycles. The fourth-order valence-electron chi connectivity index (χ4n) is 2.63. The van der Waals surface area contributed by atoms with Crippen LogP contribution in [0.15, 0.2) is 35.5 Å². The molecule has 0 aliphatic heterocycles. The van der Waals surface area contributed by atoms with E-state index in [0.29, 0.717) is 16.9 Å². The largest absolute Gasteiger partial charge is 0.370 e. The van der Waals surface area contributed by atoms with E-state index < -0.39 is 27.6 Å². The van der Waals surface area contributed by atoms with Gasteiger partial charge in [-0.25, -0.2) is 22.8 Å². The van der Waals surface area contributed by atoms with Gasteiger partial charge < -0.3 is 10.3 Å². The van der Waals surface area contributed by atoms with Gasteiger partial charge in [0, 0.05) is 6.26 Å². The first-order chi connectivity index (χ1) is 13.1. The summed E-state index contributed by atoms with van der Waals surface area (Å²) in [4.78, 5) is 10.6. The third kappa shape index (κ3) is 4.26. The van der Waals surface area contributed by atoms with Crippen molar-refractivity contribution in [1.82, 2.24) is 15.0 Å². The zero-order valence-electron chi connectivity index (χ0n) is 14.6. The van der Waals surface area contributed by atoms with Crippen LogP contribution in [0.1, 0.15) is 23.1 Å². The van der Waals surface area contributed by atoms with Crippen LogP contribution in [0.25, 0.3) is 0 Å². The van der Waals surface area contributed by atoms with Gasteiger partial charge in [0.05, 0.1) is 27.6 Å². The summed E-state index contributed by atoms with van der Waals surface area (Å²) in [6, 6.07) is 4.57. The second-order valence-electron chi connectivity index (χ2n) is 6.07. The van der Waals surface area contributed by atoms with Gasteiger partial charge in [-0.2, -0.15) is 4.39 Å². The Labute approximate surface area is 169 Å². The molecule has 3 rings (SSSR count). The van der Waals surface area contributed by atoms with E-state index in [0.717, 1.165) is 6.26 Å². The number of halogens is 4. The number of benzene rings is 1. The maximum atomic E-state index is 13.6. The van der Waals surface area contributed by atoms with Crippen molar-refractivity contribution in [3.05, 3.63) is 69.4 Å². The van der Waals surface area contributed by atoms with Crippen molar-refractivity contribution in [2.75, 3.05) is 11.6 Å². The predicted molar refractivity (Wildman–Crippen MR) is 103 cm³/mol. The summed E-state index contributed by atoms with van der Waals surface area (Å²) in [5.74, 6) is -1.20. The Morgan fingerprint density at radius 3 is 2.46 bits per heavy atom. The molecule has 6 nitrogen and oxygen atoms in total. The molecule has 1 atom stereocenters. The van der Waals surface area contributed by atoms with E-state index in [1.807, 2.05) is 0 Å². The minimum absolute atomic E-state index is 0.113. The van der Waals surface area contributed by atoms with Crippen LogP contribution in [0.5, 0.6) is 0 Å². The molecule has 0 amide bonds. The number of aryl methyl sites for hydroxylation is 1. The van der Waals surface area contributed by atoms with E-state index in [4.69, 9.17) is 23.2 Å². The van der Waals surface area contributed by atoms with Gasteiger partial charge in [-0.05, 0) is 30.7 Å². The number of rotatable bonds is 5. The standard InChI is InChI=1S/C17H14Cl2F2N4O2S/c1-8-17(28(2,26)27)25-16(23-8)14(9-3-4-13(20)11(18)5-9)24-10-6-12(19)15(21)22-7-10/h3-7,14,24H,1-2H3,(H,23,25). The SMILES string of the molecule is Cc1[nH]c(C(Nc2cnc(F)c(Cl)c2)c2ccc(F)c(Cl)c2)nc1S(C)(=O)=O. The number of nitrogens with zero attached hydrogens (tertiary/aromatic N) is 2. The number of hydrogen-bond donors (Lipinski definition) is 2. The van der Waals surface area contributed by atoms with Gasteiger partial charge in [0.25, 0.3) is 0 Å². The van der Waals surface area contributed by atoms with E-state index in [1.165, 1.54) is 30.5 Å². The monoisotopic (exact) mass is 446 g/mol. The quantitative estimate of drug-likeness (QED) is 0.570. The summed E-state index contributed by atoms with van der Waals surface area (Å²) in [5, 5.41) is 2.60. The zero-order chi connectivity index (χ0) is 20.6. The number of H-pyrrole nitrogens is 1. The van der Waals surface area contributed by atoms with Crippen LogP contribution in [0.4, 0.5) is 14.5 Å². The van der Waals surface area contributed by atoms with E-state index >= 15 is 0 Å². The third-order valence-electron chi connectivity index (χ3n) is 3.87.